The van der Waals surface area contributed by atoms with Gasteiger partial charge >= 0.3 is 0 Å². The molecule has 4 rings (SSSR count). The molecule has 3 fully saturated rings. The van der Waals surface area contributed by atoms with E-state index in [2.05, 4.69) is 4.90 Å². The molecular formula is C21H30FN3O3S. The lowest BCUT2D eigenvalue weighted by atomic mass is 9.78. The van der Waals surface area contributed by atoms with E-state index in [-0.39, 0.29) is 23.9 Å². The Hall–Kier alpha value is -1.51. The molecule has 0 unspecified atom stereocenters. The molecule has 1 saturated carbocycles. The summed E-state index contributed by atoms with van der Waals surface area (Å²) in [5, 5.41) is 0. The maximum absolute atomic E-state index is 14.0. The van der Waals surface area contributed by atoms with Gasteiger partial charge in [0.25, 0.3) is 0 Å². The average molecular weight is 424 g/mol. The molecule has 3 aliphatic rings. The van der Waals surface area contributed by atoms with Crippen molar-refractivity contribution >= 4 is 15.9 Å². The van der Waals surface area contributed by atoms with Gasteiger partial charge in [-0.15, -0.1) is 0 Å². The van der Waals surface area contributed by atoms with Gasteiger partial charge in [0.1, 0.15) is 10.7 Å². The third-order valence-corrected chi connectivity index (χ3v) is 8.64. The second-order valence-corrected chi connectivity index (χ2v) is 10.4. The minimum absolute atomic E-state index is 0.173. The highest BCUT2D eigenvalue weighted by Crippen LogP contribution is 2.35. The summed E-state index contributed by atoms with van der Waals surface area (Å²) in [6, 6.07) is 5.88. The van der Waals surface area contributed by atoms with Gasteiger partial charge in [0, 0.05) is 38.8 Å². The van der Waals surface area contributed by atoms with Gasteiger partial charge in [-0.3, -0.25) is 9.69 Å². The molecule has 1 aliphatic carbocycles. The quantitative estimate of drug-likeness (QED) is 0.746. The van der Waals surface area contributed by atoms with Gasteiger partial charge in [-0.25, -0.2) is 12.8 Å². The number of amides is 1. The molecule has 2 saturated heterocycles. The minimum Gasteiger partial charge on any atom is -0.338 e. The van der Waals surface area contributed by atoms with Crippen LogP contribution >= 0.6 is 0 Å². The molecule has 8 heteroatoms. The number of nitrogens with zero attached hydrogens (tertiary/aromatic N) is 3. The van der Waals surface area contributed by atoms with Gasteiger partial charge in [0.15, 0.2) is 0 Å². The van der Waals surface area contributed by atoms with E-state index in [0.717, 1.165) is 19.4 Å². The number of fused-ring (bicyclic) bond motifs is 1. The topological polar surface area (TPSA) is 60.9 Å². The van der Waals surface area contributed by atoms with E-state index in [1.54, 1.807) is 0 Å². The number of rotatable bonds is 4. The predicted molar refractivity (Wildman–Crippen MR) is 108 cm³/mol. The maximum Gasteiger partial charge on any atom is 0.246 e. The molecule has 0 bridgehead atoms. The number of halogens is 1. The molecule has 160 valence electrons. The van der Waals surface area contributed by atoms with Crippen molar-refractivity contribution in [1.82, 2.24) is 14.1 Å². The molecule has 2 heterocycles. The van der Waals surface area contributed by atoms with Crippen LogP contribution in [0.4, 0.5) is 4.39 Å². The second kappa shape index (κ2) is 8.70. The third kappa shape index (κ3) is 4.34. The summed E-state index contributed by atoms with van der Waals surface area (Å²) < 4.78 is 40.8. The third-order valence-electron chi connectivity index (χ3n) is 6.71. The summed E-state index contributed by atoms with van der Waals surface area (Å²) in [7, 11) is -3.84. The van der Waals surface area contributed by atoms with E-state index < -0.39 is 15.8 Å². The molecule has 0 aromatic heterocycles. The zero-order chi connectivity index (χ0) is 20.4. The predicted octanol–water partition coefficient (Wildman–Crippen LogP) is 2.31. The average Bonchev–Trinajstić information content (AvgIpc) is 2.74. The number of hydrogen-bond acceptors (Lipinski definition) is 4. The fraction of sp³-hybridized carbons (Fsp3) is 0.667. The van der Waals surface area contributed by atoms with Gasteiger partial charge in [0.2, 0.25) is 15.9 Å². The van der Waals surface area contributed by atoms with Crippen molar-refractivity contribution in [1.29, 1.82) is 0 Å². The number of piperazine rings is 1. The van der Waals surface area contributed by atoms with Crippen LogP contribution in [-0.2, 0) is 14.8 Å². The molecule has 6 nitrogen and oxygen atoms in total. The number of carbonyl (C=O) groups excluding carboxylic acids is 1. The van der Waals surface area contributed by atoms with Crippen LogP contribution in [0.5, 0.6) is 0 Å². The summed E-state index contributed by atoms with van der Waals surface area (Å²) in [6.45, 7) is 2.72. The van der Waals surface area contributed by atoms with E-state index in [1.807, 2.05) is 4.90 Å². The largest absolute Gasteiger partial charge is 0.338 e. The smallest absolute Gasteiger partial charge is 0.246 e. The molecule has 1 aromatic carbocycles. The molecule has 0 spiro atoms. The van der Waals surface area contributed by atoms with Gasteiger partial charge in [-0.05, 0) is 43.7 Å². The fourth-order valence-electron chi connectivity index (χ4n) is 5.14. The Morgan fingerprint density at radius 1 is 0.966 bits per heavy atom. The molecule has 0 N–H and O–H groups in total. The number of benzene rings is 1. The highest BCUT2D eigenvalue weighted by Gasteiger charge is 2.37. The molecule has 2 aliphatic heterocycles. The van der Waals surface area contributed by atoms with Crippen molar-refractivity contribution in [3.63, 3.8) is 0 Å². The van der Waals surface area contributed by atoms with Gasteiger partial charge in [-0.1, -0.05) is 25.0 Å². The SMILES string of the molecule is O=C(CN1CCN(S(=O)(=O)c2ccccc2F)CC1)N1CCC[C@@H]2CCCC[C@@H]21. The van der Waals surface area contributed by atoms with E-state index in [1.165, 1.54) is 54.3 Å². The first kappa shape index (κ1) is 20.8. The van der Waals surface area contributed by atoms with Crippen LogP contribution < -0.4 is 0 Å². The zero-order valence-corrected chi connectivity index (χ0v) is 17.6. The minimum atomic E-state index is -3.84. The summed E-state index contributed by atoms with van der Waals surface area (Å²) >= 11 is 0. The lowest BCUT2D eigenvalue weighted by molar-refractivity contribution is -0.139. The Kier molecular flexibility index (Phi) is 6.22. The first-order valence-corrected chi connectivity index (χ1v) is 12.2. The van der Waals surface area contributed by atoms with Crippen molar-refractivity contribution in [2.75, 3.05) is 39.3 Å². The van der Waals surface area contributed by atoms with E-state index in [0.29, 0.717) is 31.6 Å². The summed E-state index contributed by atoms with van der Waals surface area (Å²) in [4.78, 5) is 16.8. The Labute approximate surface area is 172 Å². The van der Waals surface area contributed by atoms with Gasteiger partial charge < -0.3 is 4.90 Å². The van der Waals surface area contributed by atoms with Crippen LogP contribution in [-0.4, -0.2) is 73.7 Å². The number of likely N-dealkylation sites (tertiary alicyclic amines) is 1. The highest BCUT2D eigenvalue weighted by molar-refractivity contribution is 7.89. The lowest BCUT2D eigenvalue weighted by Gasteiger charge is -2.45. The van der Waals surface area contributed by atoms with Gasteiger partial charge in [0.05, 0.1) is 6.54 Å². The van der Waals surface area contributed by atoms with Crippen molar-refractivity contribution < 1.29 is 17.6 Å². The van der Waals surface area contributed by atoms with Crippen molar-refractivity contribution in [3.05, 3.63) is 30.1 Å². The van der Waals surface area contributed by atoms with Crippen LogP contribution in [0.25, 0.3) is 0 Å². The molecule has 0 radical (unpaired) electrons. The summed E-state index contributed by atoms with van der Waals surface area (Å²) in [6.07, 6.45) is 7.16. The zero-order valence-electron chi connectivity index (χ0n) is 16.8. The van der Waals surface area contributed by atoms with Crippen LogP contribution in [0, 0.1) is 11.7 Å². The Morgan fingerprint density at radius 2 is 1.66 bits per heavy atom. The van der Waals surface area contributed by atoms with Crippen molar-refractivity contribution in [3.8, 4) is 0 Å². The Morgan fingerprint density at radius 3 is 2.41 bits per heavy atom. The van der Waals surface area contributed by atoms with Gasteiger partial charge in [-0.2, -0.15) is 4.31 Å². The monoisotopic (exact) mass is 423 g/mol. The van der Waals surface area contributed by atoms with E-state index in [4.69, 9.17) is 0 Å². The summed E-state index contributed by atoms with van der Waals surface area (Å²) in [5.41, 5.74) is 0. The Bertz CT molecular complexity index is 837. The van der Waals surface area contributed by atoms with Crippen LogP contribution in [0.1, 0.15) is 38.5 Å². The normalized spacial score (nSPS) is 26.9. The standard InChI is InChI=1S/C21H30FN3O3S/c22-18-8-2-4-10-20(18)29(27,28)24-14-12-23(13-15-24)16-21(26)25-11-5-7-17-6-1-3-9-19(17)25/h2,4,8,10,17,19H,1,3,5-7,9,11-16H2/t17-,19-/m0/s1. The van der Waals surface area contributed by atoms with Crippen LogP contribution in [0.3, 0.4) is 0 Å². The number of piperidine rings is 1. The van der Waals surface area contributed by atoms with E-state index >= 15 is 0 Å². The number of sulfonamides is 1. The first-order valence-electron chi connectivity index (χ1n) is 10.7. The molecule has 1 amide bonds. The maximum atomic E-state index is 14.0. The molecule has 29 heavy (non-hydrogen) atoms. The fourth-order valence-corrected chi connectivity index (χ4v) is 6.62. The lowest BCUT2D eigenvalue weighted by Crippen LogP contribution is -2.55. The molecular weight excluding hydrogens is 393 g/mol. The van der Waals surface area contributed by atoms with Crippen molar-refractivity contribution in [2.45, 2.75) is 49.5 Å². The first-order chi connectivity index (χ1) is 14.0. The van der Waals surface area contributed by atoms with E-state index in [9.17, 15) is 17.6 Å². The number of carbonyl (C=O) groups is 1. The summed E-state index contributed by atoms with van der Waals surface area (Å²) in [5.74, 6) is 0.105. The number of hydrogen-bond donors (Lipinski definition) is 0. The molecule has 2 atom stereocenters. The second-order valence-electron chi connectivity index (χ2n) is 8.45. The van der Waals surface area contributed by atoms with Crippen LogP contribution in [0.15, 0.2) is 29.2 Å². The van der Waals surface area contributed by atoms with Crippen molar-refractivity contribution in [2.24, 2.45) is 5.92 Å². The highest BCUT2D eigenvalue weighted by atomic mass is 32.2. The van der Waals surface area contributed by atoms with Crippen LogP contribution in [0.2, 0.25) is 0 Å². The Balaban J connectivity index is 1.34. The molecule has 1 aromatic rings.